The molecule has 0 atom stereocenters. The molecular weight excluding hydrogens is 242 g/mol. The number of benzene rings is 2. The fourth-order valence-corrected chi connectivity index (χ4v) is 1.91. The summed E-state index contributed by atoms with van der Waals surface area (Å²) in [6, 6.07) is 12.8. The summed E-state index contributed by atoms with van der Waals surface area (Å²) < 4.78 is 0. The third kappa shape index (κ3) is 2.82. The maximum absolute atomic E-state index is 11.0. The van der Waals surface area contributed by atoms with Crippen LogP contribution in [-0.2, 0) is 6.54 Å². The van der Waals surface area contributed by atoms with Gasteiger partial charge in [-0.25, -0.2) is 0 Å². The van der Waals surface area contributed by atoms with Gasteiger partial charge in [0.25, 0.3) is 0 Å². The second-order valence-electron chi connectivity index (χ2n) is 4.28. The second-order valence-corrected chi connectivity index (χ2v) is 4.28. The lowest BCUT2D eigenvalue weighted by atomic mass is 10.1. The average molecular weight is 257 g/mol. The molecule has 2 rings (SSSR count). The Kier molecular flexibility index (Phi) is 3.66. The molecule has 0 aromatic heterocycles. The van der Waals surface area contributed by atoms with Crippen molar-refractivity contribution in [2.24, 2.45) is 0 Å². The van der Waals surface area contributed by atoms with Crippen LogP contribution in [0, 0.1) is 17.0 Å². The van der Waals surface area contributed by atoms with Crippen molar-refractivity contribution in [3.63, 3.8) is 0 Å². The molecule has 3 N–H and O–H groups in total. The predicted octanol–water partition coefficient (Wildman–Crippen LogP) is 3.10. The van der Waals surface area contributed by atoms with E-state index >= 15 is 0 Å². The highest BCUT2D eigenvalue weighted by Crippen LogP contribution is 2.30. The Hall–Kier alpha value is -2.56. The molecular formula is C14H15N3O2. The molecule has 0 saturated heterocycles. The molecule has 0 fully saturated rings. The largest absolute Gasteiger partial charge is 0.393 e. The van der Waals surface area contributed by atoms with Crippen LogP contribution in [0.1, 0.15) is 11.1 Å². The number of hydrogen-bond acceptors (Lipinski definition) is 4. The molecule has 0 amide bonds. The van der Waals surface area contributed by atoms with E-state index in [2.05, 4.69) is 5.32 Å². The number of aryl methyl sites for hydroxylation is 1. The van der Waals surface area contributed by atoms with Crippen molar-refractivity contribution in [1.29, 1.82) is 0 Å². The normalized spacial score (nSPS) is 10.2. The van der Waals surface area contributed by atoms with Crippen LogP contribution in [0.3, 0.4) is 0 Å². The van der Waals surface area contributed by atoms with Gasteiger partial charge in [-0.2, -0.15) is 0 Å². The van der Waals surface area contributed by atoms with Crippen molar-refractivity contribution >= 4 is 17.1 Å². The number of rotatable bonds is 4. The summed E-state index contributed by atoms with van der Waals surface area (Å²) in [5.74, 6) is 0. The first kappa shape index (κ1) is 12.9. The molecule has 5 nitrogen and oxygen atoms in total. The van der Waals surface area contributed by atoms with E-state index in [4.69, 9.17) is 5.73 Å². The predicted molar refractivity (Wildman–Crippen MR) is 76.0 cm³/mol. The smallest absolute Gasteiger partial charge is 0.314 e. The molecule has 0 saturated carbocycles. The summed E-state index contributed by atoms with van der Waals surface area (Å²) in [4.78, 5) is 10.5. The third-order valence-corrected chi connectivity index (χ3v) is 2.98. The van der Waals surface area contributed by atoms with Gasteiger partial charge in [0, 0.05) is 6.54 Å². The van der Waals surface area contributed by atoms with Crippen molar-refractivity contribution in [1.82, 2.24) is 0 Å². The minimum absolute atomic E-state index is 0.0731. The standard InChI is InChI=1S/C14H15N3O2/c1-10-5-2-3-6-11(10)9-16-13-8-4-7-12(15)14(13)17(18)19/h2-8,16H,9,15H2,1H3. The molecule has 98 valence electrons. The first-order chi connectivity index (χ1) is 9.09. The Balaban J connectivity index is 2.23. The van der Waals surface area contributed by atoms with Gasteiger partial charge >= 0.3 is 5.69 Å². The lowest BCUT2D eigenvalue weighted by molar-refractivity contribution is -0.383. The number of hydrogen-bond donors (Lipinski definition) is 2. The molecule has 0 radical (unpaired) electrons. The quantitative estimate of drug-likeness (QED) is 0.501. The number of nitro benzene ring substituents is 1. The van der Waals surface area contributed by atoms with Gasteiger partial charge in [0.2, 0.25) is 0 Å². The molecule has 5 heteroatoms. The summed E-state index contributed by atoms with van der Waals surface area (Å²) in [7, 11) is 0. The van der Waals surface area contributed by atoms with Gasteiger partial charge in [-0.3, -0.25) is 10.1 Å². The highest BCUT2D eigenvalue weighted by atomic mass is 16.6. The Morgan fingerprint density at radius 1 is 1.21 bits per heavy atom. The van der Waals surface area contributed by atoms with E-state index < -0.39 is 4.92 Å². The van der Waals surface area contributed by atoms with Crippen LogP contribution in [0.5, 0.6) is 0 Å². The molecule has 0 aliphatic rings. The van der Waals surface area contributed by atoms with Crippen LogP contribution in [0.2, 0.25) is 0 Å². The lowest BCUT2D eigenvalue weighted by Gasteiger charge is -2.10. The Morgan fingerprint density at radius 2 is 1.95 bits per heavy atom. The highest BCUT2D eigenvalue weighted by molar-refractivity contribution is 5.74. The van der Waals surface area contributed by atoms with Crippen molar-refractivity contribution < 1.29 is 4.92 Å². The number of para-hydroxylation sites is 1. The summed E-state index contributed by atoms with van der Waals surface area (Å²) in [6.45, 7) is 2.53. The van der Waals surface area contributed by atoms with Gasteiger partial charge in [0.15, 0.2) is 0 Å². The number of nitro groups is 1. The maximum atomic E-state index is 11.0. The van der Waals surface area contributed by atoms with Crippen LogP contribution in [0.4, 0.5) is 17.1 Å². The molecule has 0 bridgehead atoms. The topological polar surface area (TPSA) is 81.2 Å². The summed E-state index contributed by atoms with van der Waals surface area (Å²) in [6.07, 6.45) is 0. The molecule has 0 aliphatic carbocycles. The minimum atomic E-state index is -0.463. The van der Waals surface area contributed by atoms with E-state index in [1.807, 2.05) is 31.2 Å². The fraction of sp³-hybridized carbons (Fsp3) is 0.143. The Labute approximate surface area is 111 Å². The second kappa shape index (κ2) is 5.39. The zero-order valence-corrected chi connectivity index (χ0v) is 10.6. The Bertz CT molecular complexity index is 611. The van der Waals surface area contributed by atoms with Gasteiger partial charge in [-0.1, -0.05) is 30.3 Å². The van der Waals surface area contributed by atoms with Gasteiger partial charge < -0.3 is 11.1 Å². The number of nitrogens with one attached hydrogen (secondary N) is 1. The molecule has 2 aromatic rings. The molecule has 2 aromatic carbocycles. The molecule has 0 spiro atoms. The lowest BCUT2D eigenvalue weighted by Crippen LogP contribution is -2.05. The van der Waals surface area contributed by atoms with E-state index in [-0.39, 0.29) is 11.4 Å². The van der Waals surface area contributed by atoms with Crippen LogP contribution in [0.15, 0.2) is 42.5 Å². The van der Waals surface area contributed by atoms with E-state index in [1.165, 1.54) is 6.07 Å². The number of nitrogens with two attached hydrogens (primary N) is 1. The van der Waals surface area contributed by atoms with Crippen LogP contribution in [-0.4, -0.2) is 4.92 Å². The van der Waals surface area contributed by atoms with Crippen LogP contribution >= 0.6 is 0 Å². The van der Waals surface area contributed by atoms with Gasteiger partial charge in [-0.15, -0.1) is 0 Å². The molecule has 0 unspecified atom stereocenters. The number of nitrogens with zero attached hydrogens (tertiary/aromatic N) is 1. The van der Waals surface area contributed by atoms with E-state index in [0.717, 1.165) is 11.1 Å². The molecule has 19 heavy (non-hydrogen) atoms. The van der Waals surface area contributed by atoms with E-state index in [9.17, 15) is 10.1 Å². The summed E-state index contributed by atoms with van der Waals surface area (Å²) in [5, 5.41) is 14.1. The fourth-order valence-electron chi connectivity index (χ4n) is 1.91. The number of nitrogen functional groups attached to an aromatic ring is 1. The van der Waals surface area contributed by atoms with Crippen molar-refractivity contribution in [3.8, 4) is 0 Å². The monoisotopic (exact) mass is 257 g/mol. The minimum Gasteiger partial charge on any atom is -0.393 e. The average Bonchev–Trinajstić information content (AvgIpc) is 2.37. The first-order valence-corrected chi connectivity index (χ1v) is 5.91. The van der Waals surface area contributed by atoms with E-state index in [1.54, 1.807) is 12.1 Å². The summed E-state index contributed by atoms with van der Waals surface area (Å²) >= 11 is 0. The van der Waals surface area contributed by atoms with Crippen molar-refractivity contribution in [2.75, 3.05) is 11.1 Å². The van der Waals surface area contributed by atoms with Crippen LogP contribution < -0.4 is 11.1 Å². The van der Waals surface area contributed by atoms with Gasteiger partial charge in [0.1, 0.15) is 11.4 Å². The molecule has 0 aliphatic heterocycles. The zero-order chi connectivity index (χ0) is 13.8. The Morgan fingerprint density at radius 3 is 2.63 bits per heavy atom. The highest BCUT2D eigenvalue weighted by Gasteiger charge is 2.17. The summed E-state index contributed by atoms with van der Waals surface area (Å²) in [5.41, 5.74) is 8.41. The van der Waals surface area contributed by atoms with E-state index in [0.29, 0.717) is 12.2 Å². The SMILES string of the molecule is Cc1ccccc1CNc1cccc(N)c1[N+](=O)[O-]. The van der Waals surface area contributed by atoms with Crippen molar-refractivity contribution in [2.45, 2.75) is 13.5 Å². The maximum Gasteiger partial charge on any atom is 0.314 e. The van der Waals surface area contributed by atoms with Crippen LogP contribution in [0.25, 0.3) is 0 Å². The molecule has 0 heterocycles. The van der Waals surface area contributed by atoms with Crippen molar-refractivity contribution in [3.05, 3.63) is 63.7 Å². The zero-order valence-electron chi connectivity index (χ0n) is 10.6. The number of anilines is 2. The first-order valence-electron chi connectivity index (χ1n) is 5.91. The third-order valence-electron chi connectivity index (χ3n) is 2.98. The van der Waals surface area contributed by atoms with Gasteiger partial charge in [-0.05, 0) is 30.2 Å². The van der Waals surface area contributed by atoms with Gasteiger partial charge in [0.05, 0.1) is 4.92 Å².